The van der Waals surface area contributed by atoms with Crippen LogP contribution >= 0.6 is 22.6 Å². The van der Waals surface area contributed by atoms with Crippen molar-refractivity contribution in [3.8, 4) is 11.1 Å². The largest absolute Gasteiger partial charge is 0.478 e. The molecule has 7 nitrogen and oxygen atoms in total. The van der Waals surface area contributed by atoms with Gasteiger partial charge in [-0.15, -0.1) is 0 Å². The van der Waals surface area contributed by atoms with E-state index in [0.717, 1.165) is 22.3 Å². The predicted molar refractivity (Wildman–Crippen MR) is 137 cm³/mol. The molecule has 0 unspecified atom stereocenters. The summed E-state index contributed by atoms with van der Waals surface area (Å²) in [6.45, 7) is 1.90. The topological polar surface area (TPSA) is 105 Å². The molecule has 0 heterocycles. The standard InChI is InChI=1S/C26H23IN2O5/c1-15(10-24(30)29-18-12-16(25(31)32)11-17(27)13-18)28-26(33)34-14-23-21-8-4-2-6-19(21)20-7-3-5-9-22(20)23/h2-9,11-13,15,23H,10,14H2,1H3,(H,28,33)(H,29,30)(H,31,32)/t15-/m1/s1. The van der Waals surface area contributed by atoms with Gasteiger partial charge in [0.05, 0.1) is 5.56 Å². The number of carbonyl (C=O) groups is 3. The van der Waals surface area contributed by atoms with Crippen LogP contribution in [0.3, 0.4) is 0 Å². The van der Waals surface area contributed by atoms with Crippen molar-refractivity contribution in [3.05, 3.63) is 87.0 Å². The average Bonchev–Trinajstić information content (AvgIpc) is 3.10. The van der Waals surface area contributed by atoms with Crippen LogP contribution in [0.4, 0.5) is 10.5 Å². The maximum atomic E-state index is 12.4. The van der Waals surface area contributed by atoms with Gasteiger partial charge in [-0.3, -0.25) is 4.79 Å². The normalized spacial score (nSPS) is 12.9. The molecule has 1 aliphatic rings. The van der Waals surface area contributed by atoms with E-state index in [-0.39, 0.29) is 30.4 Å². The van der Waals surface area contributed by atoms with Crippen LogP contribution in [-0.4, -0.2) is 35.7 Å². The molecule has 34 heavy (non-hydrogen) atoms. The molecule has 3 N–H and O–H groups in total. The third kappa shape index (κ3) is 5.39. The summed E-state index contributed by atoms with van der Waals surface area (Å²) in [5.74, 6) is -1.45. The summed E-state index contributed by atoms with van der Waals surface area (Å²) in [6, 6.07) is 20.3. The van der Waals surface area contributed by atoms with E-state index in [9.17, 15) is 19.5 Å². The summed E-state index contributed by atoms with van der Waals surface area (Å²) in [7, 11) is 0. The molecule has 0 saturated carbocycles. The molecule has 174 valence electrons. The molecule has 4 rings (SSSR count). The highest BCUT2D eigenvalue weighted by atomic mass is 127. The first-order chi connectivity index (χ1) is 16.3. The summed E-state index contributed by atoms with van der Waals surface area (Å²) >= 11 is 1.99. The van der Waals surface area contributed by atoms with Crippen LogP contribution in [0.5, 0.6) is 0 Å². The maximum Gasteiger partial charge on any atom is 0.407 e. The molecule has 0 aromatic heterocycles. The Kier molecular flexibility index (Phi) is 7.16. The van der Waals surface area contributed by atoms with Crippen LogP contribution in [0.25, 0.3) is 11.1 Å². The first-order valence-corrected chi connectivity index (χ1v) is 11.8. The number of anilines is 1. The Morgan fingerprint density at radius 1 is 1.00 bits per heavy atom. The van der Waals surface area contributed by atoms with Crippen LogP contribution in [0.2, 0.25) is 0 Å². The number of aromatic carboxylic acids is 1. The number of nitrogens with one attached hydrogen (secondary N) is 2. The van der Waals surface area contributed by atoms with Crippen molar-refractivity contribution in [1.29, 1.82) is 0 Å². The fourth-order valence-corrected chi connectivity index (χ4v) is 4.84. The van der Waals surface area contributed by atoms with Gasteiger partial charge in [-0.25, -0.2) is 9.59 Å². The van der Waals surface area contributed by atoms with Gasteiger partial charge in [0.25, 0.3) is 0 Å². The molecule has 3 aromatic carbocycles. The van der Waals surface area contributed by atoms with Crippen molar-refractivity contribution in [2.75, 3.05) is 11.9 Å². The van der Waals surface area contributed by atoms with E-state index in [1.54, 1.807) is 13.0 Å². The minimum Gasteiger partial charge on any atom is -0.478 e. The molecule has 0 radical (unpaired) electrons. The molecular weight excluding hydrogens is 547 g/mol. The number of amides is 2. The maximum absolute atomic E-state index is 12.4. The van der Waals surface area contributed by atoms with Gasteiger partial charge >= 0.3 is 12.1 Å². The fourth-order valence-electron chi connectivity index (χ4n) is 4.17. The number of ether oxygens (including phenoxy) is 1. The van der Waals surface area contributed by atoms with Crippen LogP contribution < -0.4 is 10.6 Å². The molecule has 0 aliphatic heterocycles. The van der Waals surface area contributed by atoms with Crippen LogP contribution in [-0.2, 0) is 9.53 Å². The van der Waals surface area contributed by atoms with Gasteiger partial charge in [0.15, 0.2) is 0 Å². The van der Waals surface area contributed by atoms with Gasteiger partial charge in [-0.2, -0.15) is 0 Å². The van der Waals surface area contributed by atoms with Crippen molar-refractivity contribution < 1.29 is 24.2 Å². The Hall–Kier alpha value is -3.40. The Morgan fingerprint density at radius 3 is 2.24 bits per heavy atom. The second-order valence-electron chi connectivity index (χ2n) is 8.16. The number of benzene rings is 3. The monoisotopic (exact) mass is 570 g/mol. The lowest BCUT2D eigenvalue weighted by atomic mass is 9.98. The summed E-state index contributed by atoms with van der Waals surface area (Å²) < 4.78 is 6.21. The number of halogens is 1. The number of rotatable bonds is 7. The number of hydrogen-bond acceptors (Lipinski definition) is 4. The number of hydrogen-bond donors (Lipinski definition) is 3. The summed E-state index contributed by atoms with van der Waals surface area (Å²) in [5, 5.41) is 14.5. The third-order valence-electron chi connectivity index (χ3n) is 5.63. The van der Waals surface area contributed by atoms with Gasteiger partial charge in [-0.1, -0.05) is 48.5 Å². The zero-order valence-corrected chi connectivity index (χ0v) is 20.5. The Bertz CT molecular complexity index is 1210. The number of alkyl carbamates (subject to hydrolysis) is 1. The van der Waals surface area contributed by atoms with Crippen molar-refractivity contribution in [2.45, 2.75) is 25.3 Å². The van der Waals surface area contributed by atoms with Crippen molar-refractivity contribution >= 4 is 46.2 Å². The lowest BCUT2D eigenvalue weighted by Crippen LogP contribution is -2.36. The molecule has 8 heteroatoms. The van der Waals surface area contributed by atoms with E-state index in [1.807, 2.05) is 46.9 Å². The smallest absolute Gasteiger partial charge is 0.407 e. The number of carboxylic acid groups (broad SMARTS) is 1. The van der Waals surface area contributed by atoms with Crippen molar-refractivity contribution in [3.63, 3.8) is 0 Å². The van der Waals surface area contributed by atoms with E-state index in [0.29, 0.717) is 9.26 Å². The molecule has 0 spiro atoms. The van der Waals surface area contributed by atoms with Crippen molar-refractivity contribution in [2.24, 2.45) is 0 Å². The first kappa shape index (κ1) is 23.7. The first-order valence-electron chi connectivity index (χ1n) is 10.8. The minimum atomic E-state index is -1.07. The number of fused-ring (bicyclic) bond motifs is 3. The SMILES string of the molecule is C[C@H](CC(=O)Nc1cc(I)cc(C(=O)O)c1)NC(=O)OCC1c2ccccc2-c2ccccc21. The van der Waals surface area contributed by atoms with Crippen molar-refractivity contribution in [1.82, 2.24) is 5.32 Å². The van der Waals surface area contributed by atoms with E-state index < -0.39 is 18.1 Å². The highest BCUT2D eigenvalue weighted by Crippen LogP contribution is 2.44. The highest BCUT2D eigenvalue weighted by molar-refractivity contribution is 14.1. The van der Waals surface area contributed by atoms with E-state index in [4.69, 9.17) is 4.74 Å². The van der Waals surface area contributed by atoms with E-state index in [1.165, 1.54) is 12.1 Å². The van der Waals surface area contributed by atoms with E-state index in [2.05, 4.69) is 34.9 Å². The fraction of sp³-hybridized carbons (Fsp3) is 0.192. The number of carbonyl (C=O) groups excluding carboxylic acids is 2. The Morgan fingerprint density at radius 2 is 1.62 bits per heavy atom. The third-order valence-corrected chi connectivity index (χ3v) is 6.25. The molecule has 3 aromatic rings. The summed E-state index contributed by atoms with van der Waals surface area (Å²) in [4.78, 5) is 36.0. The van der Waals surface area contributed by atoms with Gasteiger partial charge in [-0.05, 0) is 70.0 Å². The quantitative estimate of drug-likeness (QED) is 0.337. The molecule has 1 aliphatic carbocycles. The number of carboxylic acids is 1. The van der Waals surface area contributed by atoms with E-state index >= 15 is 0 Å². The van der Waals surface area contributed by atoms with Crippen LogP contribution in [0, 0.1) is 3.57 Å². The average molecular weight is 570 g/mol. The predicted octanol–water partition coefficient (Wildman–Crippen LogP) is 5.25. The molecule has 1 atom stereocenters. The molecule has 0 bridgehead atoms. The van der Waals surface area contributed by atoms with Gasteiger partial charge in [0.1, 0.15) is 6.61 Å². The minimum absolute atomic E-state index is 0.0120. The lowest BCUT2D eigenvalue weighted by Gasteiger charge is -2.17. The Balaban J connectivity index is 1.31. The lowest BCUT2D eigenvalue weighted by molar-refractivity contribution is -0.116. The Labute approximate surface area is 210 Å². The van der Waals surface area contributed by atoms with Crippen LogP contribution in [0.1, 0.15) is 40.7 Å². The second-order valence-corrected chi connectivity index (χ2v) is 9.40. The van der Waals surface area contributed by atoms with Crippen LogP contribution in [0.15, 0.2) is 66.7 Å². The van der Waals surface area contributed by atoms with Gasteiger partial charge in [0.2, 0.25) is 5.91 Å². The zero-order chi connectivity index (χ0) is 24.2. The molecule has 0 fully saturated rings. The zero-order valence-electron chi connectivity index (χ0n) is 18.4. The molecule has 2 amide bonds. The summed E-state index contributed by atoms with van der Waals surface area (Å²) in [6.07, 6.45) is -0.581. The molecular formula is C26H23IN2O5. The second kappa shape index (κ2) is 10.3. The highest BCUT2D eigenvalue weighted by Gasteiger charge is 2.29. The molecule has 0 saturated heterocycles. The van der Waals surface area contributed by atoms with Gasteiger partial charge < -0.3 is 20.5 Å². The summed E-state index contributed by atoms with van der Waals surface area (Å²) in [5.41, 5.74) is 5.04. The van der Waals surface area contributed by atoms with Gasteiger partial charge in [0, 0.05) is 27.6 Å².